The first kappa shape index (κ1) is 18.3. The molecule has 1 amide bonds. The molecule has 1 atom stereocenters. The van der Waals surface area contributed by atoms with Gasteiger partial charge in [-0.25, -0.2) is 4.98 Å². The third-order valence-corrected chi connectivity index (χ3v) is 4.82. The van der Waals surface area contributed by atoms with Gasteiger partial charge in [0.05, 0.1) is 38.1 Å². The summed E-state index contributed by atoms with van der Waals surface area (Å²) >= 11 is 1.58. The molecular weight excluding hydrogens is 326 g/mol. The van der Waals surface area contributed by atoms with Crippen LogP contribution in [0.4, 0.5) is 0 Å². The second-order valence-corrected chi connectivity index (χ2v) is 6.51. The zero-order chi connectivity index (χ0) is 17.4. The van der Waals surface area contributed by atoms with E-state index in [1.54, 1.807) is 16.2 Å². The highest BCUT2D eigenvalue weighted by Crippen LogP contribution is 2.25. The van der Waals surface area contributed by atoms with E-state index in [0.717, 1.165) is 10.7 Å². The average molecular weight is 347 g/mol. The standard InChI is InChI=1S/C16H21N5O2S/c1-13-12-24-16(19-13)14-10-20(8-9-23-14)11-15(22)21(6-2-4-17)7-3-5-18/h12,14H,2-3,6-11H2,1H3. The number of nitriles is 2. The largest absolute Gasteiger partial charge is 0.368 e. The zero-order valence-corrected chi connectivity index (χ0v) is 14.6. The molecular formula is C16H21N5O2S. The van der Waals surface area contributed by atoms with E-state index in [2.05, 4.69) is 9.88 Å². The number of amides is 1. The second-order valence-electron chi connectivity index (χ2n) is 5.62. The summed E-state index contributed by atoms with van der Waals surface area (Å²) in [7, 11) is 0. The lowest BCUT2D eigenvalue weighted by Crippen LogP contribution is -2.46. The molecule has 2 heterocycles. The molecule has 2 rings (SSSR count). The highest BCUT2D eigenvalue weighted by atomic mass is 32.1. The Labute approximate surface area is 146 Å². The van der Waals surface area contributed by atoms with E-state index in [0.29, 0.717) is 32.8 Å². The van der Waals surface area contributed by atoms with Gasteiger partial charge in [0.15, 0.2) is 0 Å². The van der Waals surface area contributed by atoms with Gasteiger partial charge in [-0.05, 0) is 6.92 Å². The molecule has 1 aromatic heterocycles. The Hall–Kier alpha value is -2.00. The first-order valence-corrected chi connectivity index (χ1v) is 8.79. The minimum atomic E-state index is -0.100. The topological polar surface area (TPSA) is 93.2 Å². The first-order valence-electron chi connectivity index (χ1n) is 7.91. The van der Waals surface area contributed by atoms with Gasteiger partial charge in [-0.2, -0.15) is 10.5 Å². The average Bonchev–Trinajstić information content (AvgIpc) is 3.01. The van der Waals surface area contributed by atoms with E-state index in [-0.39, 0.29) is 31.4 Å². The molecule has 0 saturated carbocycles. The summed E-state index contributed by atoms with van der Waals surface area (Å²) < 4.78 is 5.77. The van der Waals surface area contributed by atoms with Crippen LogP contribution < -0.4 is 0 Å². The van der Waals surface area contributed by atoms with E-state index in [1.165, 1.54) is 0 Å². The summed E-state index contributed by atoms with van der Waals surface area (Å²) in [5, 5.41) is 20.4. The molecule has 0 radical (unpaired) electrons. The van der Waals surface area contributed by atoms with Crippen LogP contribution in [0.15, 0.2) is 5.38 Å². The highest BCUT2D eigenvalue weighted by molar-refractivity contribution is 7.09. The maximum Gasteiger partial charge on any atom is 0.236 e. The molecule has 1 aromatic rings. The quantitative estimate of drug-likeness (QED) is 0.742. The van der Waals surface area contributed by atoms with Crippen molar-refractivity contribution in [3.05, 3.63) is 16.1 Å². The molecule has 7 nitrogen and oxygen atoms in total. The smallest absolute Gasteiger partial charge is 0.236 e. The molecule has 8 heteroatoms. The van der Waals surface area contributed by atoms with Crippen LogP contribution in [0.25, 0.3) is 0 Å². The molecule has 24 heavy (non-hydrogen) atoms. The number of hydrogen-bond acceptors (Lipinski definition) is 7. The van der Waals surface area contributed by atoms with Gasteiger partial charge in [0.25, 0.3) is 0 Å². The van der Waals surface area contributed by atoms with Crippen LogP contribution >= 0.6 is 11.3 Å². The minimum absolute atomic E-state index is 0.0449. The Bertz CT molecular complexity index is 615. The monoisotopic (exact) mass is 347 g/mol. The van der Waals surface area contributed by atoms with Crippen molar-refractivity contribution in [2.75, 3.05) is 39.3 Å². The number of morpholine rings is 1. The minimum Gasteiger partial charge on any atom is -0.368 e. The lowest BCUT2D eigenvalue weighted by Gasteiger charge is -2.33. The van der Waals surface area contributed by atoms with Crippen molar-refractivity contribution in [1.82, 2.24) is 14.8 Å². The third-order valence-electron chi connectivity index (χ3n) is 3.76. The molecule has 1 aliphatic rings. The van der Waals surface area contributed by atoms with Crippen LogP contribution in [0.2, 0.25) is 0 Å². The van der Waals surface area contributed by atoms with E-state index >= 15 is 0 Å². The normalized spacial score (nSPS) is 17.9. The van der Waals surface area contributed by atoms with E-state index in [9.17, 15) is 4.79 Å². The molecule has 0 aliphatic carbocycles. The van der Waals surface area contributed by atoms with Gasteiger partial charge in [0.1, 0.15) is 11.1 Å². The van der Waals surface area contributed by atoms with Crippen molar-refractivity contribution < 1.29 is 9.53 Å². The molecule has 0 aromatic carbocycles. The molecule has 1 aliphatic heterocycles. The molecule has 1 unspecified atom stereocenters. The number of hydrogen-bond donors (Lipinski definition) is 0. The van der Waals surface area contributed by atoms with Crippen molar-refractivity contribution in [2.45, 2.75) is 25.9 Å². The molecule has 1 fully saturated rings. The van der Waals surface area contributed by atoms with Crippen LogP contribution in [0, 0.1) is 29.6 Å². The number of nitrogens with zero attached hydrogens (tertiary/aromatic N) is 5. The molecule has 0 spiro atoms. The highest BCUT2D eigenvalue weighted by Gasteiger charge is 2.26. The lowest BCUT2D eigenvalue weighted by molar-refractivity contribution is -0.134. The first-order chi connectivity index (χ1) is 11.6. The Morgan fingerprint density at radius 2 is 2.17 bits per heavy atom. The van der Waals surface area contributed by atoms with Crippen molar-refractivity contribution in [2.24, 2.45) is 0 Å². The summed E-state index contributed by atoms with van der Waals surface area (Å²) in [4.78, 5) is 20.6. The fourth-order valence-electron chi connectivity index (χ4n) is 2.54. The Balaban J connectivity index is 1.91. The number of thiazole rings is 1. The summed E-state index contributed by atoms with van der Waals surface area (Å²) in [6.45, 7) is 4.85. The van der Waals surface area contributed by atoms with Crippen LogP contribution in [-0.2, 0) is 9.53 Å². The van der Waals surface area contributed by atoms with Crippen LogP contribution in [-0.4, -0.2) is 60.0 Å². The summed E-state index contributed by atoms with van der Waals surface area (Å²) in [6.07, 6.45) is 0.458. The van der Waals surface area contributed by atoms with Gasteiger partial charge >= 0.3 is 0 Å². The van der Waals surface area contributed by atoms with Gasteiger partial charge in [-0.3, -0.25) is 9.69 Å². The molecule has 128 valence electrons. The van der Waals surface area contributed by atoms with Crippen LogP contribution in [0.1, 0.15) is 29.6 Å². The number of rotatable bonds is 7. The number of carbonyl (C=O) groups is 1. The predicted molar refractivity (Wildman–Crippen MR) is 89.0 cm³/mol. The zero-order valence-electron chi connectivity index (χ0n) is 13.8. The Morgan fingerprint density at radius 3 is 2.75 bits per heavy atom. The number of aromatic nitrogens is 1. The maximum atomic E-state index is 12.5. The van der Waals surface area contributed by atoms with Gasteiger partial charge in [0, 0.05) is 37.3 Å². The Kier molecular flexibility index (Phi) is 7.13. The molecule has 1 saturated heterocycles. The van der Waals surface area contributed by atoms with E-state index < -0.39 is 0 Å². The number of aryl methyl sites for hydroxylation is 1. The summed E-state index contributed by atoms with van der Waals surface area (Å²) in [5.74, 6) is -0.0449. The van der Waals surface area contributed by atoms with Crippen molar-refractivity contribution in [3.8, 4) is 12.1 Å². The van der Waals surface area contributed by atoms with Gasteiger partial charge in [0.2, 0.25) is 5.91 Å². The summed E-state index contributed by atoms with van der Waals surface area (Å²) in [5.41, 5.74) is 0.978. The van der Waals surface area contributed by atoms with Crippen molar-refractivity contribution in [3.63, 3.8) is 0 Å². The maximum absolute atomic E-state index is 12.5. The second kappa shape index (κ2) is 9.33. The van der Waals surface area contributed by atoms with Gasteiger partial charge in [-0.1, -0.05) is 0 Å². The fraction of sp³-hybridized carbons (Fsp3) is 0.625. The lowest BCUT2D eigenvalue weighted by atomic mass is 10.2. The van der Waals surface area contributed by atoms with Crippen molar-refractivity contribution in [1.29, 1.82) is 10.5 Å². The van der Waals surface area contributed by atoms with Gasteiger partial charge in [-0.15, -0.1) is 11.3 Å². The molecule has 0 N–H and O–H groups in total. The van der Waals surface area contributed by atoms with Crippen LogP contribution in [0.3, 0.4) is 0 Å². The third kappa shape index (κ3) is 5.27. The molecule has 0 bridgehead atoms. The number of ether oxygens (including phenoxy) is 1. The van der Waals surface area contributed by atoms with Gasteiger partial charge < -0.3 is 9.64 Å². The Morgan fingerprint density at radius 1 is 1.46 bits per heavy atom. The fourth-order valence-corrected chi connectivity index (χ4v) is 3.37. The van der Waals surface area contributed by atoms with Crippen LogP contribution in [0.5, 0.6) is 0 Å². The van der Waals surface area contributed by atoms with Crippen molar-refractivity contribution >= 4 is 17.2 Å². The van der Waals surface area contributed by atoms with E-state index in [4.69, 9.17) is 15.3 Å². The van der Waals surface area contributed by atoms with E-state index in [1.807, 2.05) is 24.4 Å². The summed E-state index contributed by atoms with van der Waals surface area (Å²) in [6, 6.07) is 4.09. The SMILES string of the molecule is Cc1csc(C2CN(CC(=O)N(CCC#N)CCC#N)CCO2)n1. The number of carbonyl (C=O) groups excluding carboxylic acids is 1. The predicted octanol–water partition coefficient (Wildman–Crippen LogP) is 1.48.